The van der Waals surface area contributed by atoms with Crippen LogP contribution in [0.4, 0.5) is 26.2 Å². The first kappa shape index (κ1) is 81.9. The van der Waals surface area contributed by atoms with E-state index in [9.17, 15) is 63.6 Å². The van der Waals surface area contributed by atoms with Gasteiger partial charge in [-0.15, -0.1) is 0 Å². The number of allylic oxidation sites excluding steroid dienone is 2. The maximum Gasteiger partial charge on any atom is 0.312 e. The zero-order valence-corrected chi connectivity index (χ0v) is 64.2. The van der Waals surface area contributed by atoms with E-state index in [0.717, 1.165) is 5.56 Å². The lowest BCUT2D eigenvalue weighted by Gasteiger charge is -2.45. The van der Waals surface area contributed by atoms with Crippen LogP contribution in [0.1, 0.15) is 150 Å². The number of aromatic nitrogens is 1. The molecule has 3 fully saturated rings. The van der Waals surface area contributed by atoms with E-state index >= 15 is 9.18 Å². The van der Waals surface area contributed by atoms with Gasteiger partial charge in [-0.25, -0.2) is 14.2 Å². The van der Waals surface area contributed by atoms with Gasteiger partial charge < -0.3 is 74.9 Å². The minimum absolute atomic E-state index is 0.0167. The molecule has 4 aliphatic heterocycles. The van der Waals surface area contributed by atoms with Gasteiger partial charge in [-0.2, -0.15) is 0 Å². The third-order valence-corrected chi connectivity index (χ3v) is 23.1. The second-order valence-corrected chi connectivity index (χ2v) is 31.2. The molecule has 109 heavy (non-hydrogen) atoms. The van der Waals surface area contributed by atoms with Crippen molar-refractivity contribution in [2.75, 3.05) is 62.9 Å². The van der Waals surface area contributed by atoms with Crippen molar-refractivity contribution in [1.29, 1.82) is 0 Å². The monoisotopic (exact) mass is 1510 g/mol. The topological polar surface area (TPSA) is 383 Å². The number of aliphatic hydroxyl groups is 3. The Kier molecular flexibility index (Phi) is 25.3. The highest BCUT2D eigenvalue weighted by Crippen LogP contribution is 2.47. The molecule has 1 saturated carbocycles. The number of alkyl halides is 1. The van der Waals surface area contributed by atoms with Crippen LogP contribution in [-0.2, 0) is 54.3 Å². The number of amides is 6. The molecule has 5 heterocycles. The molecule has 5 aliphatic rings. The number of ether oxygens (including phenoxy) is 4. The Bertz CT molecular complexity index is 4650. The Labute approximate surface area is 631 Å². The third kappa shape index (κ3) is 17.2. The number of Topliss-reactive ketones (excluding diaryl/α,β-unsaturated/α-hetero) is 2. The van der Waals surface area contributed by atoms with E-state index in [-0.39, 0.29) is 134 Å². The van der Waals surface area contributed by atoms with Crippen molar-refractivity contribution in [3.05, 3.63) is 109 Å². The van der Waals surface area contributed by atoms with E-state index < -0.39 is 135 Å². The minimum Gasteiger partial charge on any atom is -0.507 e. The Morgan fingerprint density at radius 1 is 0.890 bits per heavy atom. The standard InChI is InChI=1S/C81H103FN8O19/c1-42-20-17-21-43(2)76(101)87-67-71(99)63-62(64-73(48(7)70(63)98)109-80(9,75(64)100)106-35-29-57(105-12)45(4)72(107-49(8)91)47(6)69(97)46(5)68(42)96)66-74(67)108-58-39-53(38-56(92)65(58)86-66)88-34-28-55(54(82)40-88)90(10,11)41-50-24-26-52(27-25-50)85-77(102)51(22-18-32-84-79(83)104)37-60(94)81(30-19-31-81)59(93)23-15-13-14-16-33-89-61(95)36-44(3)78(89)103/h17,20-21,24-27,29,35,38-39,42,44-47,51,54-55,57,68-69,72,96-97H,13-16,18-19,22-23,28,30-34,36-37,40-41H2,1-12H3,(H6-,83,84,85,86,87,92,98,99,100,101,102,104)/p+1/b20-17+,35-29+,43-21-/t42-,44?,45+,46+,47+,51+,54?,55?,57-,68-,69+,72+,80-/m0/s1. The van der Waals surface area contributed by atoms with Crippen molar-refractivity contribution in [2.24, 2.45) is 46.7 Å². The van der Waals surface area contributed by atoms with Crippen molar-refractivity contribution in [2.45, 2.75) is 195 Å². The number of phenolic OH excluding ortho intramolecular Hbond substituents is 1. The number of methoxy groups -OCH3 is 1. The number of carbonyl (C=O) groups excluding carboxylic acids is 8. The number of nitrogens with one attached hydrogen (secondary N) is 3. The molecule has 9 N–H and O–H groups in total. The summed E-state index contributed by atoms with van der Waals surface area (Å²) >= 11 is 0. The highest BCUT2D eigenvalue weighted by molar-refractivity contribution is 6.17. The molecule has 13 atom stereocenters. The van der Waals surface area contributed by atoms with Crippen LogP contribution in [0.3, 0.4) is 0 Å². The second-order valence-electron chi connectivity index (χ2n) is 31.2. The van der Waals surface area contributed by atoms with Crippen molar-refractivity contribution in [3.8, 4) is 11.5 Å². The number of anilines is 3. The molecule has 3 unspecified atom stereocenters. The third-order valence-electron chi connectivity index (χ3n) is 23.1. The molecule has 0 radical (unpaired) electrons. The van der Waals surface area contributed by atoms with Gasteiger partial charge in [0.05, 0.1) is 61.2 Å². The molecule has 5 aromatic rings. The van der Waals surface area contributed by atoms with E-state index in [0.29, 0.717) is 76.6 Å². The number of ketones is 2. The van der Waals surface area contributed by atoms with E-state index in [1.807, 2.05) is 26.2 Å². The maximum atomic E-state index is 17.1. The van der Waals surface area contributed by atoms with Gasteiger partial charge in [-0.3, -0.25) is 48.1 Å². The number of aliphatic hydroxyl groups excluding tert-OH is 3. The minimum atomic E-state index is -2.08. The number of phenols is 1. The molecule has 10 rings (SSSR count). The van der Waals surface area contributed by atoms with Crippen molar-refractivity contribution >= 4 is 103 Å². The molecule has 4 aromatic carbocycles. The number of nitrogens with two attached hydrogens (primary N) is 1. The van der Waals surface area contributed by atoms with Crippen molar-refractivity contribution < 1.29 is 91.0 Å². The highest BCUT2D eigenvalue weighted by Gasteiger charge is 2.51. The Balaban J connectivity index is 0.877. The van der Waals surface area contributed by atoms with Crippen LogP contribution in [0.2, 0.25) is 0 Å². The highest BCUT2D eigenvalue weighted by atomic mass is 19.1. The summed E-state index contributed by atoms with van der Waals surface area (Å²) in [5.74, 6) is -10.0. The number of halogens is 1. The van der Waals surface area contributed by atoms with E-state index in [4.69, 9.17) is 34.1 Å². The van der Waals surface area contributed by atoms with Crippen LogP contribution in [0.25, 0.3) is 38.7 Å². The van der Waals surface area contributed by atoms with Gasteiger partial charge in [0.2, 0.25) is 28.6 Å². The average molecular weight is 1510 g/mol. The Morgan fingerprint density at radius 3 is 2.24 bits per heavy atom. The zero-order chi connectivity index (χ0) is 79.5. The fourth-order valence-corrected chi connectivity index (χ4v) is 16.3. The summed E-state index contributed by atoms with van der Waals surface area (Å²) in [5, 5.41) is 55.2. The number of primary amides is 1. The van der Waals surface area contributed by atoms with Crippen LogP contribution in [-0.4, -0.2) is 172 Å². The number of esters is 1. The number of benzene rings is 4. The molecule has 27 nitrogen and oxygen atoms in total. The molecule has 1 aliphatic carbocycles. The first-order valence-electron chi connectivity index (χ1n) is 37.7. The van der Waals surface area contributed by atoms with Crippen LogP contribution in [0.15, 0.2) is 86.5 Å². The fourth-order valence-electron chi connectivity index (χ4n) is 16.3. The molecule has 28 heteroatoms. The largest absolute Gasteiger partial charge is 0.507 e. The number of urea groups is 1. The molecule has 588 valence electrons. The lowest BCUT2D eigenvalue weighted by Crippen LogP contribution is -2.59. The number of hydrogen-bond acceptors (Lipinski definition) is 21. The fraction of sp³-hybridized carbons (Fsp3) is 0.543. The number of aromatic hydroxyl groups is 1. The van der Waals surface area contributed by atoms with Gasteiger partial charge in [-0.1, -0.05) is 84.2 Å². The smallest absolute Gasteiger partial charge is 0.312 e. The molecule has 6 amide bonds. The Morgan fingerprint density at radius 2 is 1.60 bits per heavy atom. The molecule has 2 saturated heterocycles. The summed E-state index contributed by atoms with van der Waals surface area (Å²) < 4.78 is 48.1. The Hall–Kier alpha value is -9.64. The number of rotatable bonds is 23. The molecule has 4 bridgehead atoms. The summed E-state index contributed by atoms with van der Waals surface area (Å²) in [6.07, 6.45) is 6.80. The van der Waals surface area contributed by atoms with Gasteiger partial charge in [0, 0.05) is 147 Å². The van der Waals surface area contributed by atoms with Gasteiger partial charge in [0.15, 0.2) is 28.6 Å². The number of fused-ring (bicyclic) bond motifs is 2. The van der Waals surface area contributed by atoms with Gasteiger partial charge in [-0.05, 0) is 70.6 Å². The van der Waals surface area contributed by atoms with Crippen LogP contribution >= 0.6 is 0 Å². The number of carbonyl (C=O) groups is 8. The normalized spacial score (nSPS) is 26.8. The molecule has 1 aromatic heterocycles. The maximum absolute atomic E-state index is 17.1. The van der Waals surface area contributed by atoms with Gasteiger partial charge >= 0.3 is 17.8 Å². The number of likely N-dealkylation sites (tertiary alicyclic amines) is 1. The van der Waals surface area contributed by atoms with Gasteiger partial charge in [0.25, 0.3) is 5.91 Å². The SMILES string of the molecule is CO[C@H]1/C=C/O[C@@]2(C)Oc3c(C)c(O)c4c(=O)c(c5oc6cc(N7CCC([N+](C)(C)Cc8ccc(NC(=O)[C@H](CCCNC(N)=O)CC(=O)C9(C(=O)CCCCCCN%10C(=O)CC(C)C%10=O)CCC9)cc8)C(F)C7)cc(=O)c6nc5c4c3=C2O)NC(=O)/C(C)=C\C=C\[C@H](C)[C@H](O)[C@@H](C)[C@@H](O)[C@@H](C)[C@H](OC(C)=O)[C@@H]1C. The predicted molar refractivity (Wildman–Crippen MR) is 406 cm³/mol. The zero-order valence-electron chi connectivity index (χ0n) is 64.2. The van der Waals surface area contributed by atoms with E-state index in [1.54, 1.807) is 57.7 Å². The summed E-state index contributed by atoms with van der Waals surface area (Å²) in [6, 6.07) is 8.60. The molecular weight excluding hydrogens is 1410 g/mol. The molecule has 0 spiro atoms. The number of imide groups is 1. The quantitative estimate of drug-likeness (QED) is 0.00575. The van der Waals surface area contributed by atoms with E-state index in [2.05, 4.69) is 16.0 Å². The lowest BCUT2D eigenvalue weighted by molar-refractivity contribution is -0.931. The van der Waals surface area contributed by atoms with Crippen LogP contribution < -0.4 is 47.4 Å². The first-order valence-corrected chi connectivity index (χ1v) is 37.7. The second kappa shape index (κ2) is 33.7. The average Bonchev–Trinajstić information content (AvgIpc) is 1.66. The number of hydrogen-bond donors (Lipinski definition) is 8. The van der Waals surface area contributed by atoms with Crippen molar-refractivity contribution in [3.63, 3.8) is 0 Å². The summed E-state index contributed by atoms with van der Waals surface area (Å²) in [4.78, 5) is 143. The number of unbranched alkanes of at least 4 members (excludes halogenated alkanes) is 3. The van der Waals surface area contributed by atoms with Crippen LogP contribution in [0, 0.1) is 47.8 Å². The number of nitrogens with zero attached hydrogens (tertiary/aromatic N) is 4. The summed E-state index contributed by atoms with van der Waals surface area (Å²) in [6.45, 7) is 15.1. The summed E-state index contributed by atoms with van der Waals surface area (Å²) in [5.41, 5.74) is 2.52. The van der Waals surface area contributed by atoms with Gasteiger partial charge in [0.1, 0.15) is 53.0 Å². The number of quaternary nitrogens is 1. The number of piperidine rings is 1. The van der Waals surface area contributed by atoms with Crippen LogP contribution in [0.5, 0.6) is 11.5 Å². The van der Waals surface area contributed by atoms with Crippen molar-refractivity contribution in [1.82, 2.24) is 15.2 Å². The summed E-state index contributed by atoms with van der Waals surface area (Å²) in [7, 11) is 5.24. The molecular formula is C81H104FN8O19+. The van der Waals surface area contributed by atoms with E-state index in [1.165, 1.54) is 76.3 Å². The predicted octanol–water partition coefficient (Wildman–Crippen LogP) is 8.80. The first-order chi connectivity index (χ1) is 51.5. The lowest BCUT2D eigenvalue weighted by atomic mass is 9.61.